The highest BCUT2D eigenvalue weighted by Gasteiger charge is 2.41. The van der Waals surface area contributed by atoms with E-state index in [1.165, 1.54) is 0 Å². The molecule has 0 aliphatic carbocycles. The van der Waals surface area contributed by atoms with Gasteiger partial charge in [0.25, 0.3) is 0 Å². The van der Waals surface area contributed by atoms with Crippen molar-refractivity contribution in [1.29, 1.82) is 0 Å². The normalized spacial score (nSPS) is 33.3. The van der Waals surface area contributed by atoms with Crippen molar-refractivity contribution in [3.05, 3.63) is 30.3 Å². The third-order valence-corrected chi connectivity index (χ3v) is 4.13. The molecule has 18 heavy (non-hydrogen) atoms. The Morgan fingerprint density at radius 1 is 0.889 bits per heavy atom. The second-order valence-electron chi connectivity index (χ2n) is 5.86. The van der Waals surface area contributed by atoms with Crippen LogP contribution < -0.4 is 4.74 Å². The number of fused-ring (bicyclic) bond motifs is 2. The summed E-state index contributed by atoms with van der Waals surface area (Å²) >= 11 is 0. The maximum absolute atomic E-state index is 6.27. The third-order valence-electron chi connectivity index (χ3n) is 4.13. The van der Waals surface area contributed by atoms with Crippen LogP contribution in [0.4, 0.5) is 0 Å². The van der Waals surface area contributed by atoms with Crippen molar-refractivity contribution in [2.75, 3.05) is 40.3 Å². The molecule has 0 amide bonds. The van der Waals surface area contributed by atoms with Gasteiger partial charge in [-0.15, -0.1) is 0 Å². The van der Waals surface area contributed by atoms with E-state index in [0.717, 1.165) is 31.9 Å². The summed E-state index contributed by atoms with van der Waals surface area (Å²) in [6, 6.07) is 10.3. The summed E-state index contributed by atoms with van der Waals surface area (Å²) < 4.78 is 6.27. The number of hydrogen-bond acceptors (Lipinski definition) is 3. The summed E-state index contributed by atoms with van der Waals surface area (Å²) in [6.07, 6.45) is 0.389. The molecule has 1 aromatic carbocycles. The van der Waals surface area contributed by atoms with Crippen LogP contribution >= 0.6 is 0 Å². The molecule has 3 rings (SSSR count). The number of nitrogens with zero attached hydrogens (tertiary/aromatic N) is 2. The van der Waals surface area contributed by atoms with Crippen molar-refractivity contribution in [1.82, 2.24) is 9.80 Å². The van der Waals surface area contributed by atoms with Crippen molar-refractivity contribution in [3.63, 3.8) is 0 Å². The Bertz CT molecular complexity index is 365. The minimum Gasteiger partial charge on any atom is -0.490 e. The predicted molar refractivity (Wildman–Crippen MR) is 72.8 cm³/mol. The molecule has 0 atom stereocenters. The Morgan fingerprint density at radius 2 is 1.39 bits per heavy atom. The molecule has 0 spiro atoms. The van der Waals surface area contributed by atoms with Crippen LogP contribution in [0, 0.1) is 11.8 Å². The zero-order valence-electron chi connectivity index (χ0n) is 11.2. The highest BCUT2D eigenvalue weighted by Crippen LogP contribution is 2.31. The lowest BCUT2D eigenvalue weighted by atomic mass is 9.82. The molecule has 0 aromatic heterocycles. The van der Waals surface area contributed by atoms with Crippen LogP contribution in [-0.4, -0.2) is 56.2 Å². The van der Waals surface area contributed by atoms with Crippen molar-refractivity contribution < 1.29 is 4.74 Å². The van der Waals surface area contributed by atoms with Crippen LogP contribution in [0.2, 0.25) is 0 Å². The van der Waals surface area contributed by atoms with E-state index in [1.54, 1.807) is 0 Å². The van der Waals surface area contributed by atoms with E-state index < -0.39 is 0 Å². The number of piperidine rings is 2. The van der Waals surface area contributed by atoms with E-state index in [-0.39, 0.29) is 0 Å². The second kappa shape index (κ2) is 4.90. The Morgan fingerprint density at radius 3 is 1.89 bits per heavy atom. The molecule has 2 fully saturated rings. The van der Waals surface area contributed by atoms with E-state index in [2.05, 4.69) is 36.0 Å². The van der Waals surface area contributed by atoms with Crippen LogP contribution in [0.1, 0.15) is 0 Å². The van der Waals surface area contributed by atoms with Crippen LogP contribution in [0.15, 0.2) is 30.3 Å². The molecule has 1 aromatic rings. The second-order valence-corrected chi connectivity index (χ2v) is 5.86. The van der Waals surface area contributed by atoms with Gasteiger partial charge in [-0.3, -0.25) is 0 Å². The Balaban J connectivity index is 1.75. The molecule has 0 N–H and O–H groups in total. The van der Waals surface area contributed by atoms with E-state index in [1.807, 2.05) is 18.2 Å². The van der Waals surface area contributed by atoms with Gasteiger partial charge in [-0.05, 0) is 26.2 Å². The van der Waals surface area contributed by atoms with E-state index >= 15 is 0 Å². The monoisotopic (exact) mass is 246 g/mol. The lowest BCUT2D eigenvalue weighted by molar-refractivity contribution is -0.0518. The van der Waals surface area contributed by atoms with Crippen molar-refractivity contribution >= 4 is 0 Å². The van der Waals surface area contributed by atoms with Gasteiger partial charge in [-0.1, -0.05) is 18.2 Å². The first-order valence-corrected chi connectivity index (χ1v) is 6.81. The fourth-order valence-corrected chi connectivity index (χ4v) is 3.51. The van der Waals surface area contributed by atoms with Gasteiger partial charge >= 0.3 is 0 Å². The van der Waals surface area contributed by atoms with Gasteiger partial charge in [-0.2, -0.15) is 0 Å². The molecule has 2 saturated heterocycles. The number of rotatable bonds is 2. The summed E-state index contributed by atoms with van der Waals surface area (Å²) in [5.41, 5.74) is 0. The molecule has 0 radical (unpaired) electrons. The minimum atomic E-state index is 0.389. The van der Waals surface area contributed by atoms with Gasteiger partial charge in [0, 0.05) is 38.0 Å². The molecule has 0 unspecified atom stereocenters. The molecule has 2 aliphatic heterocycles. The maximum atomic E-state index is 6.27. The predicted octanol–water partition coefficient (Wildman–Crippen LogP) is 1.56. The number of benzene rings is 1. The molecule has 98 valence electrons. The van der Waals surface area contributed by atoms with Gasteiger partial charge in [0.05, 0.1) is 0 Å². The van der Waals surface area contributed by atoms with Crippen LogP contribution in [-0.2, 0) is 0 Å². The quantitative estimate of drug-likeness (QED) is 0.787. The molecule has 2 aliphatic rings. The topological polar surface area (TPSA) is 15.7 Å². The highest BCUT2D eigenvalue weighted by atomic mass is 16.5. The van der Waals surface area contributed by atoms with E-state index in [4.69, 9.17) is 4.74 Å². The first-order valence-electron chi connectivity index (χ1n) is 6.81. The van der Waals surface area contributed by atoms with Crippen molar-refractivity contribution in [2.45, 2.75) is 6.10 Å². The average molecular weight is 246 g/mol. The third kappa shape index (κ3) is 2.38. The lowest BCUT2D eigenvalue weighted by Gasteiger charge is -2.48. The first kappa shape index (κ1) is 12.0. The number of hydrogen-bond donors (Lipinski definition) is 0. The summed E-state index contributed by atoms with van der Waals surface area (Å²) in [6.45, 7) is 4.60. The lowest BCUT2D eigenvalue weighted by Crippen LogP contribution is -2.60. The molecular weight excluding hydrogens is 224 g/mol. The Labute approximate surface area is 109 Å². The summed E-state index contributed by atoms with van der Waals surface area (Å²) in [7, 11) is 4.45. The SMILES string of the molecule is CN1CC2CN(C)CC(C1)C2Oc1ccccc1. The van der Waals surface area contributed by atoms with Crippen molar-refractivity contribution in [3.8, 4) is 5.75 Å². The number of likely N-dealkylation sites (tertiary alicyclic amines) is 2. The summed E-state index contributed by atoms with van der Waals surface area (Å²) in [4.78, 5) is 4.90. The fourth-order valence-electron chi connectivity index (χ4n) is 3.51. The van der Waals surface area contributed by atoms with Crippen LogP contribution in [0.5, 0.6) is 5.75 Å². The van der Waals surface area contributed by atoms with E-state index in [9.17, 15) is 0 Å². The largest absolute Gasteiger partial charge is 0.490 e. The standard InChI is InChI=1S/C15H22N2O/c1-16-8-12-10-17(2)11-13(9-16)15(12)18-14-6-4-3-5-7-14/h3-7,12-13,15H,8-11H2,1-2H3. The molecule has 0 saturated carbocycles. The number of ether oxygens (including phenoxy) is 1. The zero-order chi connectivity index (χ0) is 12.5. The smallest absolute Gasteiger partial charge is 0.119 e. The molecule has 2 heterocycles. The Hall–Kier alpha value is -1.06. The average Bonchev–Trinajstić information content (AvgIpc) is 2.32. The van der Waals surface area contributed by atoms with E-state index in [0.29, 0.717) is 17.9 Å². The van der Waals surface area contributed by atoms with Gasteiger partial charge in [0.2, 0.25) is 0 Å². The minimum absolute atomic E-state index is 0.389. The zero-order valence-corrected chi connectivity index (χ0v) is 11.2. The number of para-hydroxylation sites is 1. The van der Waals surface area contributed by atoms with Crippen molar-refractivity contribution in [2.24, 2.45) is 11.8 Å². The van der Waals surface area contributed by atoms with Gasteiger partial charge in [0.1, 0.15) is 11.9 Å². The van der Waals surface area contributed by atoms with Crippen LogP contribution in [0.25, 0.3) is 0 Å². The van der Waals surface area contributed by atoms with Gasteiger partial charge in [-0.25, -0.2) is 0 Å². The fraction of sp³-hybridized carbons (Fsp3) is 0.600. The van der Waals surface area contributed by atoms with Gasteiger partial charge in [0.15, 0.2) is 0 Å². The molecular formula is C15H22N2O. The molecule has 2 bridgehead atoms. The van der Waals surface area contributed by atoms with Gasteiger partial charge < -0.3 is 14.5 Å². The summed E-state index contributed by atoms with van der Waals surface area (Å²) in [5, 5.41) is 0. The summed E-state index contributed by atoms with van der Waals surface area (Å²) in [5.74, 6) is 2.28. The molecule has 3 nitrogen and oxygen atoms in total. The maximum Gasteiger partial charge on any atom is 0.119 e. The van der Waals surface area contributed by atoms with Crippen LogP contribution in [0.3, 0.4) is 0 Å². The first-order chi connectivity index (χ1) is 8.72. The Kier molecular flexibility index (Phi) is 3.27. The molecule has 3 heteroatoms. The highest BCUT2D eigenvalue weighted by molar-refractivity contribution is 5.21.